The minimum absolute atomic E-state index is 0.187. The number of nitrogens with one attached hydrogen (secondary N) is 1. The minimum Gasteiger partial charge on any atom is -0.338 e. The molecule has 0 saturated carbocycles. The van der Waals surface area contributed by atoms with Crippen molar-refractivity contribution in [3.63, 3.8) is 0 Å². The first-order valence-electron chi connectivity index (χ1n) is 7.80. The molecule has 0 aliphatic heterocycles. The third-order valence-electron chi connectivity index (χ3n) is 3.68. The van der Waals surface area contributed by atoms with Gasteiger partial charge >= 0.3 is 0 Å². The number of anilines is 2. The van der Waals surface area contributed by atoms with Crippen molar-refractivity contribution in [3.8, 4) is 0 Å². The van der Waals surface area contributed by atoms with Crippen molar-refractivity contribution in [2.75, 3.05) is 5.32 Å². The number of benzene rings is 1. The molecule has 0 fully saturated rings. The summed E-state index contributed by atoms with van der Waals surface area (Å²) in [6.45, 7) is 6.25. The first kappa shape index (κ1) is 16.0. The average Bonchev–Trinajstić information content (AvgIpc) is 2.87. The van der Waals surface area contributed by atoms with Gasteiger partial charge in [0.15, 0.2) is 11.6 Å². The van der Waals surface area contributed by atoms with Crippen molar-refractivity contribution in [3.05, 3.63) is 59.3 Å². The summed E-state index contributed by atoms with van der Waals surface area (Å²) >= 11 is 0. The standard InChI is InChI=1S/C17H19FN6/c1-4-15-16(18)17(20-10-19-15)22-14-7-5-6-13(8-14)9-24-12(3)21-11(2)23-24/h5-8,10H,4,9H2,1-3H3,(H,19,20,22). The molecule has 0 saturated heterocycles. The van der Waals surface area contributed by atoms with E-state index in [1.165, 1.54) is 6.33 Å². The van der Waals surface area contributed by atoms with E-state index in [-0.39, 0.29) is 5.82 Å². The molecule has 3 aromatic rings. The average molecular weight is 326 g/mol. The van der Waals surface area contributed by atoms with Crippen LogP contribution in [0.1, 0.15) is 29.8 Å². The van der Waals surface area contributed by atoms with Crippen molar-refractivity contribution in [1.82, 2.24) is 24.7 Å². The van der Waals surface area contributed by atoms with Crippen LogP contribution in [0.3, 0.4) is 0 Å². The summed E-state index contributed by atoms with van der Waals surface area (Å²) in [6, 6.07) is 7.73. The number of rotatable bonds is 5. The highest BCUT2D eigenvalue weighted by atomic mass is 19.1. The molecule has 1 aromatic carbocycles. The van der Waals surface area contributed by atoms with E-state index >= 15 is 0 Å². The first-order valence-corrected chi connectivity index (χ1v) is 7.80. The molecule has 3 rings (SSSR count). The zero-order chi connectivity index (χ0) is 17.1. The number of aryl methyl sites for hydroxylation is 3. The van der Waals surface area contributed by atoms with E-state index in [0.717, 1.165) is 22.9 Å². The lowest BCUT2D eigenvalue weighted by molar-refractivity contribution is 0.598. The molecule has 0 aliphatic rings. The van der Waals surface area contributed by atoms with Crippen molar-refractivity contribution < 1.29 is 4.39 Å². The van der Waals surface area contributed by atoms with Crippen LogP contribution >= 0.6 is 0 Å². The van der Waals surface area contributed by atoms with Crippen LogP contribution in [-0.2, 0) is 13.0 Å². The molecule has 6 nitrogen and oxygen atoms in total. The molecule has 0 spiro atoms. The molecule has 0 amide bonds. The van der Waals surface area contributed by atoms with Crippen LogP contribution < -0.4 is 5.32 Å². The molecule has 0 atom stereocenters. The predicted octanol–water partition coefficient (Wildman–Crippen LogP) is 3.18. The second-order valence-electron chi connectivity index (χ2n) is 5.53. The fraction of sp³-hybridized carbons (Fsp3) is 0.294. The van der Waals surface area contributed by atoms with Crippen molar-refractivity contribution in [2.24, 2.45) is 0 Å². The van der Waals surface area contributed by atoms with Gasteiger partial charge in [-0.3, -0.25) is 0 Å². The monoisotopic (exact) mass is 326 g/mol. The predicted molar refractivity (Wildman–Crippen MR) is 89.7 cm³/mol. The summed E-state index contributed by atoms with van der Waals surface area (Å²) in [5, 5.41) is 7.38. The third kappa shape index (κ3) is 3.40. The fourth-order valence-corrected chi connectivity index (χ4v) is 2.51. The Balaban J connectivity index is 1.82. The number of hydrogen-bond acceptors (Lipinski definition) is 5. The van der Waals surface area contributed by atoms with Gasteiger partial charge in [-0.05, 0) is 38.0 Å². The Labute approximate surface area is 139 Å². The van der Waals surface area contributed by atoms with Crippen LogP contribution in [0.15, 0.2) is 30.6 Å². The lowest BCUT2D eigenvalue weighted by Crippen LogP contribution is -2.05. The maximum Gasteiger partial charge on any atom is 0.187 e. The number of nitrogens with zero attached hydrogens (tertiary/aromatic N) is 5. The van der Waals surface area contributed by atoms with E-state index < -0.39 is 5.82 Å². The van der Waals surface area contributed by atoms with Crippen LogP contribution in [-0.4, -0.2) is 24.7 Å². The molecule has 124 valence electrons. The molecule has 24 heavy (non-hydrogen) atoms. The number of aromatic nitrogens is 5. The Bertz CT molecular complexity index is 858. The van der Waals surface area contributed by atoms with Gasteiger partial charge in [-0.15, -0.1) is 0 Å². The van der Waals surface area contributed by atoms with Gasteiger partial charge in [-0.25, -0.2) is 24.0 Å². The second kappa shape index (κ2) is 6.74. The first-order chi connectivity index (χ1) is 11.6. The fourth-order valence-electron chi connectivity index (χ4n) is 2.51. The molecule has 0 radical (unpaired) electrons. The van der Waals surface area contributed by atoms with Crippen LogP contribution in [0.5, 0.6) is 0 Å². The van der Waals surface area contributed by atoms with Crippen LogP contribution in [0.4, 0.5) is 15.9 Å². The maximum atomic E-state index is 14.3. The van der Waals surface area contributed by atoms with Gasteiger partial charge in [0.25, 0.3) is 0 Å². The van der Waals surface area contributed by atoms with E-state index in [1.807, 2.05) is 49.7 Å². The summed E-state index contributed by atoms with van der Waals surface area (Å²) in [7, 11) is 0. The Morgan fingerprint density at radius 2 is 2.04 bits per heavy atom. The smallest absolute Gasteiger partial charge is 0.187 e. The Morgan fingerprint density at radius 3 is 2.75 bits per heavy atom. The maximum absolute atomic E-state index is 14.3. The largest absolute Gasteiger partial charge is 0.338 e. The van der Waals surface area contributed by atoms with Gasteiger partial charge in [-0.1, -0.05) is 19.1 Å². The highest BCUT2D eigenvalue weighted by molar-refractivity contribution is 5.57. The molecular weight excluding hydrogens is 307 g/mol. The zero-order valence-corrected chi connectivity index (χ0v) is 13.9. The molecule has 1 N–H and O–H groups in total. The molecule has 0 bridgehead atoms. The van der Waals surface area contributed by atoms with E-state index in [1.54, 1.807) is 0 Å². The summed E-state index contributed by atoms with van der Waals surface area (Å²) in [5.74, 6) is 1.39. The normalized spacial score (nSPS) is 10.8. The van der Waals surface area contributed by atoms with Gasteiger partial charge < -0.3 is 5.32 Å². The quantitative estimate of drug-likeness (QED) is 0.780. The van der Waals surface area contributed by atoms with Crippen LogP contribution in [0.2, 0.25) is 0 Å². The van der Waals surface area contributed by atoms with Crippen molar-refractivity contribution in [2.45, 2.75) is 33.7 Å². The minimum atomic E-state index is -0.409. The van der Waals surface area contributed by atoms with Gasteiger partial charge in [0, 0.05) is 5.69 Å². The number of hydrogen-bond donors (Lipinski definition) is 1. The molecule has 0 unspecified atom stereocenters. The van der Waals surface area contributed by atoms with E-state index in [9.17, 15) is 4.39 Å². The van der Waals surface area contributed by atoms with E-state index in [0.29, 0.717) is 18.7 Å². The zero-order valence-electron chi connectivity index (χ0n) is 13.9. The van der Waals surface area contributed by atoms with Crippen molar-refractivity contribution >= 4 is 11.5 Å². The molecular formula is C17H19FN6. The summed E-state index contributed by atoms with van der Waals surface area (Å²) in [4.78, 5) is 12.2. The third-order valence-corrected chi connectivity index (χ3v) is 3.68. The van der Waals surface area contributed by atoms with Gasteiger partial charge in [0.2, 0.25) is 0 Å². The topological polar surface area (TPSA) is 68.5 Å². The highest BCUT2D eigenvalue weighted by Gasteiger charge is 2.10. The lowest BCUT2D eigenvalue weighted by Gasteiger charge is -2.10. The highest BCUT2D eigenvalue weighted by Crippen LogP contribution is 2.20. The van der Waals surface area contributed by atoms with Crippen LogP contribution in [0.25, 0.3) is 0 Å². The van der Waals surface area contributed by atoms with E-state index in [2.05, 4.69) is 25.4 Å². The Kier molecular flexibility index (Phi) is 4.50. The summed E-state index contributed by atoms with van der Waals surface area (Å²) in [5.41, 5.74) is 2.21. The van der Waals surface area contributed by atoms with Gasteiger partial charge in [-0.2, -0.15) is 5.10 Å². The van der Waals surface area contributed by atoms with E-state index in [4.69, 9.17) is 0 Å². The SMILES string of the molecule is CCc1ncnc(Nc2cccc(Cn3nc(C)nc3C)c2)c1F. The summed E-state index contributed by atoms with van der Waals surface area (Å²) in [6.07, 6.45) is 1.89. The molecule has 0 aliphatic carbocycles. The van der Waals surface area contributed by atoms with Crippen LogP contribution in [0, 0.1) is 19.7 Å². The molecule has 2 heterocycles. The molecule has 2 aromatic heterocycles. The molecule has 7 heteroatoms. The van der Waals surface area contributed by atoms with Gasteiger partial charge in [0.05, 0.1) is 12.2 Å². The summed E-state index contributed by atoms with van der Waals surface area (Å²) < 4.78 is 16.1. The van der Waals surface area contributed by atoms with Gasteiger partial charge in [0.1, 0.15) is 18.0 Å². The Morgan fingerprint density at radius 1 is 1.21 bits per heavy atom. The lowest BCUT2D eigenvalue weighted by atomic mass is 10.2. The Hall–Kier alpha value is -2.83. The van der Waals surface area contributed by atoms with Crippen molar-refractivity contribution in [1.29, 1.82) is 0 Å². The number of halogens is 1. The second-order valence-corrected chi connectivity index (χ2v) is 5.53.